The van der Waals surface area contributed by atoms with Gasteiger partial charge in [0.25, 0.3) is 0 Å². The fourth-order valence-electron chi connectivity index (χ4n) is 1.70. The van der Waals surface area contributed by atoms with Crippen LogP contribution in [-0.4, -0.2) is 31.5 Å². The van der Waals surface area contributed by atoms with Crippen molar-refractivity contribution in [1.82, 2.24) is 4.31 Å². The second-order valence-electron chi connectivity index (χ2n) is 4.67. The Kier molecular flexibility index (Phi) is 5.26. The quantitative estimate of drug-likeness (QED) is 0.806. The molecule has 8 heteroatoms. The van der Waals surface area contributed by atoms with E-state index in [1.807, 2.05) is 0 Å². The van der Waals surface area contributed by atoms with Gasteiger partial charge in [0, 0.05) is 10.5 Å². The molecule has 20 heavy (non-hydrogen) atoms. The Balaban J connectivity index is 3.34. The Morgan fingerprint density at radius 3 is 2.30 bits per heavy atom. The molecule has 114 valence electrons. The summed E-state index contributed by atoms with van der Waals surface area (Å²) in [6.45, 7) is 2.87. The SMILES string of the molecule is Cc1ccc(Br)cc1S(=O)(=O)N(CC(F)(F)F)C(C)C. The van der Waals surface area contributed by atoms with Crippen molar-refractivity contribution in [3.8, 4) is 0 Å². The Morgan fingerprint density at radius 2 is 1.85 bits per heavy atom. The Hall–Kier alpha value is -0.600. The smallest absolute Gasteiger partial charge is 0.207 e. The molecule has 0 saturated heterocycles. The third kappa shape index (κ3) is 4.20. The zero-order chi connectivity index (χ0) is 15.7. The second-order valence-corrected chi connectivity index (χ2v) is 7.44. The third-order valence-corrected chi connectivity index (χ3v) is 5.31. The fraction of sp³-hybridized carbons (Fsp3) is 0.500. The highest BCUT2D eigenvalue weighted by Gasteiger charge is 2.38. The van der Waals surface area contributed by atoms with E-state index in [-0.39, 0.29) is 4.90 Å². The summed E-state index contributed by atoms with van der Waals surface area (Å²) in [6.07, 6.45) is -4.59. The van der Waals surface area contributed by atoms with Gasteiger partial charge in [-0.3, -0.25) is 0 Å². The van der Waals surface area contributed by atoms with Crippen molar-refractivity contribution in [3.63, 3.8) is 0 Å². The van der Waals surface area contributed by atoms with Crippen LogP contribution in [0.4, 0.5) is 13.2 Å². The Labute approximate surface area is 125 Å². The zero-order valence-electron chi connectivity index (χ0n) is 11.2. The van der Waals surface area contributed by atoms with Crippen LogP contribution in [-0.2, 0) is 10.0 Å². The molecular formula is C12H15BrF3NO2S. The van der Waals surface area contributed by atoms with Crippen molar-refractivity contribution in [1.29, 1.82) is 0 Å². The summed E-state index contributed by atoms with van der Waals surface area (Å²) in [7, 11) is -4.20. The van der Waals surface area contributed by atoms with Crippen LogP contribution in [0.1, 0.15) is 19.4 Å². The van der Waals surface area contributed by atoms with Crippen LogP contribution < -0.4 is 0 Å². The number of sulfonamides is 1. The predicted molar refractivity (Wildman–Crippen MR) is 74.0 cm³/mol. The first kappa shape index (κ1) is 17.5. The van der Waals surface area contributed by atoms with Gasteiger partial charge < -0.3 is 0 Å². The molecule has 0 amide bonds. The highest BCUT2D eigenvalue weighted by Crippen LogP contribution is 2.28. The molecule has 1 rings (SSSR count). The number of alkyl halides is 3. The largest absolute Gasteiger partial charge is 0.402 e. The van der Waals surface area contributed by atoms with E-state index >= 15 is 0 Å². The molecule has 0 unspecified atom stereocenters. The summed E-state index contributed by atoms with van der Waals surface area (Å²) in [5.74, 6) is 0. The highest BCUT2D eigenvalue weighted by atomic mass is 79.9. The maximum atomic E-state index is 12.6. The predicted octanol–water partition coefficient (Wildman–Crippen LogP) is 3.72. The molecule has 0 heterocycles. The molecule has 0 aliphatic rings. The van der Waals surface area contributed by atoms with Gasteiger partial charge in [-0.25, -0.2) is 8.42 Å². The summed E-state index contributed by atoms with van der Waals surface area (Å²) in [6, 6.07) is 3.71. The van der Waals surface area contributed by atoms with E-state index in [2.05, 4.69) is 15.9 Å². The van der Waals surface area contributed by atoms with Gasteiger partial charge >= 0.3 is 6.18 Å². The van der Waals surface area contributed by atoms with E-state index in [0.717, 1.165) is 0 Å². The minimum absolute atomic E-state index is 0.121. The molecule has 0 aliphatic heterocycles. The molecule has 0 N–H and O–H groups in total. The summed E-state index contributed by atoms with van der Waals surface area (Å²) in [5, 5.41) is 0. The van der Waals surface area contributed by atoms with Crippen molar-refractivity contribution < 1.29 is 21.6 Å². The molecule has 1 aromatic carbocycles. The molecule has 0 saturated carbocycles. The number of nitrogens with zero attached hydrogens (tertiary/aromatic N) is 1. The Morgan fingerprint density at radius 1 is 1.30 bits per heavy atom. The van der Waals surface area contributed by atoms with Crippen LogP contribution in [0.15, 0.2) is 27.6 Å². The molecule has 0 atom stereocenters. The zero-order valence-corrected chi connectivity index (χ0v) is 13.6. The maximum Gasteiger partial charge on any atom is 0.402 e. The van der Waals surface area contributed by atoms with Crippen LogP contribution in [0.5, 0.6) is 0 Å². The van der Waals surface area contributed by atoms with Gasteiger partial charge in [-0.2, -0.15) is 17.5 Å². The second kappa shape index (κ2) is 6.03. The van der Waals surface area contributed by atoms with Gasteiger partial charge in [-0.1, -0.05) is 22.0 Å². The minimum atomic E-state index is -4.59. The van der Waals surface area contributed by atoms with E-state index in [0.29, 0.717) is 14.3 Å². The molecule has 0 aromatic heterocycles. The van der Waals surface area contributed by atoms with Gasteiger partial charge in [0.05, 0.1) is 4.90 Å². The number of benzene rings is 1. The van der Waals surface area contributed by atoms with Crippen molar-refractivity contribution in [2.24, 2.45) is 0 Å². The first-order chi connectivity index (χ1) is 8.95. The average Bonchev–Trinajstić information content (AvgIpc) is 2.27. The molecule has 0 bridgehead atoms. The van der Waals surface area contributed by atoms with Crippen molar-refractivity contribution in [2.75, 3.05) is 6.54 Å². The van der Waals surface area contributed by atoms with E-state index in [1.54, 1.807) is 19.1 Å². The molecule has 0 aliphatic carbocycles. The number of hydrogen-bond donors (Lipinski definition) is 0. The first-order valence-electron chi connectivity index (χ1n) is 5.80. The van der Waals surface area contributed by atoms with Crippen molar-refractivity contribution in [3.05, 3.63) is 28.2 Å². The van der Waals surface area contributed by atoms with Gasteiger partial charge in [-0.15, -0.1) is 0 Å². The summed E-state index contributed by atoms with van der Waals surface area (Å²) in [4.78, 5) is -0.121. The Bertz CT molecular complexity index is 585. The number of rotatable bonds is 4. The van der Waals surface area contributed by atoms with Crippen molar-refractivity contribution in [2.45, 2.75) is 37.9 Å². The van der Waals surface area contributed by atoms with Crippen LogP contribution in [0.25, 0.3) is 0 Å². The van der Waals surface area contributed by atoms with E-state index in [9.17, 15) is 21.6 Å². The van der Waals surface area contributed by atoms with E-state index in [4.69, 9.17) is 0 Å². The molecule has 1 aromatic rings. The lowest BCUT2D eigenvalue weighted by Gasteiger charge is -2.27. The number of hydrogen-bond acceptors (Lipinski definition) is 2. The van der Waals surface area contributed by atoms with Gasteiger partial charge in [0.2, 0.25) is 10.0 Å². The molecule has 0 spiro atoms. The lowest BCUT2D eigenvalue weighted by Crippen LogP contribution is -2.43. The molecule has 3 nitrogen and oxygen atoms in total. The fourth-order valence-corrected chi connectivity index (χ4v) is 4.09. The highest BCUT2D eigenvalue weighted by molar-refractivity contribution is 9.10. The van der Waals surface area contributed by atoms with E-state index < -0.39 is 28.8 Å². The number of aryl methyl sites for hydroxylation is 1. The van der Waals surface area contributed by atoms with Gasteiger partial charge in [-0.05, 0) is 38.5 Å². The first-order valence-corrected chi connectivity index (χ1v) is 8.03. The molecular weight excluding hydrogens is 359 g/mol. The van der Waals surface area contributed by atoms with Crippen LogP contribution in [0.3, 0.4) is 0 Å². The lowest BCUT2D eigenvalue weighted by molar-refractivity contribution is -0.138. The monoisotopic (exact) mass is 373 g/mol. The van der Waals surface area contributed by atoms with Crippen molar-refractivity contribution >= 4 is 26.0 Å². The lowest BCUT2D eigenvalue weighted by atomic mass is 10.2. The topological polar surface area (TPSA) is 37.4 Å². The summed E-state index contributed by atoms with van der Waals surface area (Å²) < 4.78 is 63.5. The minimum Gasteiger partial charge on any atom is -0.207 e. The van der Waals surface area contributed by atoms with Gasteiger partial charge in [0.15, 0.2) is 0 Å². The van der Waals surface area contributed by atoms with Crippen LogP contribution >= 0.6 is 15.9 Å². The normalized spacial score (nSPS) is 13.2. The van der Waals surface area contributed by atoms with Gasteiger partial charge in [0.1, 0.15) is 6.54 Å². The molecule has 0 fully saturated rings. The van der Waals surface area contributed by atoms with Crippen LogP contribution in [0, 0.1) is 6.92 Å². The maximum absolute atomic E-state index is 12.6. The van der Waals surface area contributed by atoms with Crippen LogP contribution in [0.2, 0.25) is 0 Å². The average molecular weight is 374 g/mol. The summed E-state index contributed by atoms with van der Waals surface area (Å²) in [5.41, 5.74) is 0.404. The number of halogens is 4. The molecule has 0 radical (unpaired) electrons. The third-order valence-electron chi connectivity index (χ3n) is 2.65. The summed E-state index contributed by atoms with van der Waals surface area (Å²) >= 11 is 3.13. The standard InChI is InChI=1S/C12H15BrF3NO2S/c1-8(2)17(7-12(14,15)16)20(18,19)11-6-10(13)5-4-9(11)3/h4-6,8H,7H2,1-3H3. The van der Waals surface area contributed by atoms with E-state index in [1.165, 1.54) is 19.9 Å².